The predicted molar refractivity (Wildman–Crippen MR) is 71.9 cm³/mol. The molecule has 0 spiro atoms. The van der Waals surface area contributed by atoms with Gasteiger partial charge in [-0.15, -0.1) is 0 Å². The molecule has 1 saturated heterocycles. The molecule has 0 aromatic carbocycles. The summed E-state index contributed by atoms with van der Waals surface area (Å²) in [7, 11) is -3.56. The van der Waals surface area contributed by atoms with Crippen LogP contribution in [0.5, 0.6) is 0 Å². The van der Waals surface area contributed by atoms with Gasteiger partial charge >= 0.3 is 0 Å². The highest BCUT2D eigenvalue weighted by molar-refractivity contribution is 7.89. The number of hydrogen-bond donors (Lipinski definition) is 2. The van der Waals surface area contributed by atoms with Crippen LogP contribution in [0.25, 0.3) is 0 Å². The number of aliphatic hydroxyl groups is 1. The smallest absolute Gasteiger partial charge is 0.247 e. The van der Waals surface area contributed by atoms with Gasteiger partial charge in [0.15, 0.2) is 0 Å². The summed E-state index contributed by atoms with van der Waals surface area (Å²) in [6, 6.07) is 2.51. The molecule has 0 amide bonds. The zero-order valence-corrected chi connectivity index (χ0v) is 11.8. The number of hydrogen-bond acceptors (Lipinski definition) is 5. The van der Waals surface area contributed by atoms with Crippen molar-refractivity contribution in [3.63, 3.8) is 0 Å². The average molecular weight is 302 g/mol. The van der Waals surface area contributed by atoms with Crippen molar-refractivity contribution in [2.75, 3.05) is 26.3 Å². The third-order valence-electron chi connectivity index (χ3n) is 3.24. The second kappa shape index (κ2) is 6.49. The Labute approximate surface area is 117 Å². The summed E-state index contributed by atoms with van der Waals surface area (Å²) in [6.07, 6.45) is 2.40. The number of rotatable bonds is 5. The van der Waals surface area contributed by atoms with E-state index in [4.69, 9.17) is 9.84 Å². The number of piperidine rings is 1. The van der Waals surface area contributed by atoms with E-state index in [1.807, 2.05) is 0 Å². The molecule has 2 N–H and O–H groups in total. The van der Waals surface area contributed by atoms with Crippen molar-refractivity contribution in [3.8, 4) is 0 Å². The zero-order chi connectivity index (χ0) is 14.6. The van der Waals surface area contributed by atoms with E-state index in [-0.39, 0.29) is 29.8 Å². The Morgan fingerprint density at radius 2 is 2.05 bits per heavy atom. The van der Waals surface area contributed by atoms with E-state index < -0.39 is 10.0 Å². The normalized spacial score (nSPS) is 18.2. The zero-order valence-electron chi connectivity index (χ0n) is 11.0. The summed E-state index contributed by atoms with van der Waals surface area (Å²) >= 11 is 0. The predicted octanol–water partition coefficient (Wildman–Crippen LogP) is -0.463. The molecular formula is C12H18N2O5S. The second-order valence-electron chi connectivity index (χ2n) is 4.59. The second-order valence-corrected chi connectivity index (χ2v) is 6.52. The average Bonchev–Trinajstić information content (AvgIpc) is 2.46. The monoisotopic (exact) mass is 302 g/mol. The maximum Gasteiger partial charge on any atom is 0.247 e. The van der Waals surface area contributed by atoms with Crippen molar-refractivity contribution in [1.29, 1.82) is 0 Å². The van der Waals surface area contributed by atoms with Gasteiger partial charge < -0.3 is 14.8 Å². The highest BCUT2D eigenvalue weighted by Gasteiger charge is 2.29. The van der Waals surface area contributed by atoms with E-state index in [1.54, 1.807) is 0 Å². The number of aromatic amines is 1. The molecule has 1 fully saturated rings. The molecular weight excluding hydrogens is 284 g/mol. The van der Waals surface area contributed by atoms with E-state index in [0.29, 0.717) is 25.9 Å². The van der Waals surface area contributed by atoms with Crippen molar-refractivity contribution < 1.29 is 18.3 Å². The van der Waals surface area contributed by atoms with Gasteiger partial charge in [0.2, 0.25) is 15.6 Å². The van der Waals surface area contributed by atoms with Crippen LogP contribution in [0.1, 0.15) is 12.8 Å². The van der Waals surface area contributed by atoms with Crippen molar-refractivity contribution >= 4 is 10.0 Å². The first-order chi connectivity index (χ1) is 9.54. The van der Waals surface area contributed by atoms with Gasteiger partial charge in [0.25, 0.3) is 0 Å². The number of nitrogens with one attached hydrogen (secondary N) is 1. The molecule has 0 saturated carbocycles. The van der Waals surface area contributed by atoms with Gasteiger partial charge in [-0.1, -0.05) is 0 Å². The van der Waals surface area contributed by atoms with Crippen LogP contribution in [0, 0.1) is 0 Å². The molecule has 2 rings (SSSR count). The number of sulfonamides is 1. The van der Waals surface area contributed by atoms with E-state index in [2.05, 4.69) is 4.98 Å². The lowest BCUT2D eigenvalue weighted by molar-refractivity contribution is 0.00318. The molecule has 1 aliphatic rings. The summed E-state index contributed by atoms with van der Waals surface area (Å²) in [5, 5.41) is 8.69. The van der Waals surface area contributed by atoms with E-state index >= 15 is 0 Å². The molecule has 0 atom stereocenters. The number of aromatic nitrogens is 1. The molecule has 1 aromatic rings. The fourth-order valence-corrected chi connectivity index (χ4v) is 3.60. The minimum Gasteiger partial charge on any atom is -0.394 e. The van der Waals surface area contributed by atoms with Gasteiger partial charge in [-0.3, -0.25) is 4.79 Å². The molecule has 2 heterocycles. The summed E-state index contributed by atoms with van der Waals surface area (Å²) in [5.41, 5.74) is -0.333. The Bertz CT molecular complexity index is 570. The molecule has 112 valence electrons. The van der Waals surface area contributed by atoms with Crippen LogP contribution in [0.3, 0.4) is 0 Å². The summed E-state index contributed by atoms with van der Waals surface area (Å²) in [5.74, 6) is 0. The Morgan fingerprint density at radius 1 is 1.35 bits per heavy atom. The summed E-state index contributed by atoms with van der Waals surface area (Å²) in [6.45, 7) is 0.988. The molecule has 8 heteroatoms. The van der Waals surface area contributed by atoms with Gasteiger partial charge in [0.05, 0.1) is 24.2 Å². The molecule has 0 radical (unpaired) electrons. The van der Waals surface area contributed by atoms with Gasteiger partial charge in [-0.25, -0.2) is 8.42 Å². The lowest BCUT2D eigenvalue weighted by atomic mass is 10.1. The first-order valence-corrected chi connectivity index (χ1v) is 7.89. The van der Waals surface area contributed by atoms with Crippen molar-refractivity contribution in [1.82, 2.24) is 9.29 Å². The minimum atomic E-state index is -3.56. The quantitative estimate of drug-likeness (QED) is 0.766. The summed E-state index contributed by atoms with van der Waals surface area (Å²) in [4.78, 5) is 13.4. The van der Waals surface area contributed by atoms with Crippen LogP contribution in [-0.4, -0.2) is 55.2 Å². The first-order valence-electron chi connectivity index (χ1n) is 6.45. The van der Waals surface area contributed by atoms with E-state index in [1.165, 1.54) is 22.6 Å². The van der Waals surface area contributed by atoms with Gasteiger partial charge in [-0.2, -0.15) is 4.31 Å². The van der Waals surface area contributed by atoms with Crippen molar-refractivity contribution in [2.24, 2.45) is 0 Å². The Hall–Kier alpha value is -1.22. The first kappa shape index (κ1) is 15.2. The van der Waals surface area contributed by atoms with Crippen LogP contribution in [0.15, 0.2) is 28.0 Å². The highest BCUT2D eigenvalue weighted by Crippen LogP contribution is 2.21. The Morgan fingerprint density at radius 3 is 2.60 bits per heavy atom. The van der Waals surface area contributed by atoms with Crippen LogP contribution in [0.4, 0.5) is 0 Å². The van der Waals surface area contributed by atoms with E-state index in [0.717, 1.165) is 0 Å². The van der Waals surface area contributed by atoms with Gasteiger partial charge in [-0.05, 0) is 18.9 Å². The Balaban J connectivity index is 2.02. The van der Waals surface area contributed by atoms with Gasteiger partial charge in [0, 0.05) is 25.4 Å². The van der Waals surface area contributed by atoms with Crippen LogP contribution < -0.4 is 5.56 Å². The number of nitrogens with zero attached hydrogens (tertiary/aromatic N) is 1. The third-order valence-corrected chi connectivity index (χ3v) is 5.13. The number of pyridine rings is 1. The standard InChI is InChI=1S/C12H18N2O5S/c15-7-8-19-10-3-5-14(6-4-10)20(17,18)11-1-2-12(16)13-9-11/h1-2,9-10,15H,3-8H2,(H,13,16). The summed E-state index contributed by atoms with van der Waals surface area (Å²) < 4.78 is 31.5. The topological polar surface area (TPSA) is 99.7 Å². The molecule has 7 nitrogen and oxygen atoms in total. The molecule has 0 bridgehead atoms. The fraction of sp³-hybridized carbons (Fsp3) is 0.583. The molecule has 1 aromatic heterocycles. The van der Waals surface area contributed by atoms with E-state index in [9.17, 15) is 13.2 Å². The maximum absolute atomic E-state index is 12.3. The van der Waals surface area contributed by atoms with Gasteiger partial charge in [0.1, 0.15) is 0 Å². The van der Waals surface area contributed by atoms with Crippen LogP contribution in [0.2, 0.25) is 0 Å². The lowest BCUT2D eigenvalue weighted by Gasteiger charge is -2.30. The molecule has 0 unspecified atom stereocenters. The third kappa shape index (κ3) is 3.45. The van der Waals surface area contributed by atoms with Crippen molar-refractivity contribution in [2.45, 2.75) is 23.8 Å². The molecule has 20 heavy (non-hydrogen) atoms. The molecule has 1 aliphatic heterocycles. The van der Waals surface area contributed by atoms with Crippen molar-refractivity contribution in [3.05, 3.63) is 28.7 Å². The maximum atomic E-state index is 12.3. The lowest BCUT2D eigenvalue weighted by Crippen LogP contribution is -2.41. The number of ether oxygens (including phenoxy) is 1. The largest absolute Gasteiger partial charge is 0.394 e. The SMILES string of the molecule is O=c1ccc(S(=O)(=O)N2CCC(OCCO)CC2)c[nH]1. The van der Waals surface area contributed by atoms with Crippen LogP contribution in [-0.2, 0) is 14.8 Å². The fourth-order valence-electron chi connectivity index (χ4n) is 2.16. The Kier molecular flexibility index (Phi) is 4.92. The number of aliphatic hydroxyl groups excluding tert-OH is 1. The van der Waals surface area contributed by atoms with Crippen LogP contribution >= 0.6 is 0 Å². The number of H-pyrrole nitrogens is 1. The minimum absolute atomic E-state index is 0.0100. The highest BCUT2D eigenvalue weighted by atomic mass is 32.2. The molecule has 0 aliphatic carbocycles.